The van der Waals surface area contributed by atoms with Gasteiger partial charge in [0.2, 0.25) is 0 Å². The van der Waals surface area contributed by atoms with Crippen molar-refractivity contribution in [3.63, 3.8) is 0 Å². The van der Waals surface area contributed by atoms with Gasteiger partial charge < -0.3 is 33.8 Å². The van der Waals surface area contributed by atoms with E-state index in [0.29, 0.717) is 25.7 Å². The Bertz CT molecular complexity index is 1820. The highest BCUT2D eigenvalue weighted by Crippen LogP contribution is 2.45. The van der Waals surface area contributed by atoms with E-state index in [4.69, 9.17) is 37.0 Å². The van der Waals surface area contributed by atoms with Gasteiger partial charge in [-0.25, -0.2) is 9.13 Å². The van der Waals surface area contributed by atoms with E-state index in [-0.39, 0.29) is 25.7 Å². The summed E-state index contributed by atoms with van der Waals surface area (Å²) in [5.41, 5.74) is 0. The number of ether oxygens (including phenoxy) is 4. The molecule has 92 heavy (non-hydrogen) atoms. The van der Waals surface area contributed by atoms with Gasteiger partial charge in [-0.3, -0.25) is 37.3 Å². The van der Waals surface area contributed by atoms with Crippen molar-refractivity contribution in [2.45, 2.75) is 382 Å². The lowest BCUT2D eigenvalue weighted by molar-refractivity contribution is -0.161. The SMILES string of the molecule is CCC(C)CCCCCCCCCCC(=O)OC[C@H](COP(=O)(O)OC[C@@H](O)COP(=O)(O)OC[C@@H](COC(=O)CCCCCCCCC(C)CC)OC(=O)CCCCCCCCCCC(C)C)OC(=O)CCCCCCCCCCCCCCCCCCC(C)C. The first-order chi connectivity index (χ1) is 44.2. The Kier molecular flexibility index (Phi) is 61.3. The Morgan fingerprint density at radius 1 is 0.304 bits per heavy atom. The summed E-state index contributed by atoms with van der Waals surface area (Å²) in [5, 5.41) is 10.6. The van der Waals surface area contributed by atoms with Crippen molar-refractivity contribution < 1.29 is 80.2 Å². The molecule has 0 saturated carbocycles. The topological polar surface area (TPSA) is 237 Å². The van der Waals surface area contributed by atoms with Crippen LogP contribution in [0.5, 0.6) is 0 Å². The summed E-state index contributed by atoms with van der Waals surface area (Å²) in [6.45, 7) is 14.1. The second-order valence-electron chi connectivity index (χ2n) is 27.8. The second-order valence-corrected chi connectivity index (χ2v) is 30.7. The number of phosphoric acid groups is 2. The van der Waals surface area contributed by atoms with Gasteiger partial charge in [0.1, 0.15) is 19.3 Å². The number of carbonyl (C=O) groups excluding carboxylic acids is 4. The molecular formula is C73H142O17P2. The van der Waals surface area contributed by atoms with Gasteiger partial charge in [0.05, 0.1) is 26.4 Å². The molecule has 4 unspecified atom stereocenters. The van der Waals surface area contributed by atoms with Crippen LogP contribution in [0.25, 0.3) is 0 Å². The van der Waals surface area contributed by atoms with E-state index in [9.17, 15) is 43.2 Å². The molecule has 0 rings (SSSR count). The smallest absolute Gasteiger partial charge is 0.462 e. The Morgan fingerprint density at radius 2 is 0.522 bits per heavy atom. The zero-order valence-electron chi connectivity index (χ0n) is 60.2. The van der Waals surface area contributed by atoms with Crippen molar-refractivity contribution in [2.75, 3.05) is 39.6 Å². The van der Waals surface area contributed by atoms with Crippen LogP contribution in [-0.4, -0.2) is 96.7 Å². The molecule has 3 N–H and O–H groups in total. The van der Waals surface area contributed by atoms with Crippen molar-refractivity contribution in [3.8, 4) is 0 Å². The first-order valence-electron chi connectivity index (χ1n) is 37.8. The molecule has 7 atom stereocenters. The van der Waals surface area contributed by atoms with E-state index < -0.39 is 97.5 Å². The molecule has 0 aliphatic rings. The third kappa shape index (κ3) is 64.1. The summed E-state index contributed by atoms with van der Waals surface area (Å²) in [4.78, 5) is 72.6. The molecule has 0 fully saturated rings. The molecule has 0 amide bonds. The lowest BCUT2D eigenvalue weighted by Crippen LogP contribution is -2.30. The molecule has 0 aliphatic heterocycles. The Hall–Kier alpha value is -1.94. The largest absolute Gasteiger partial charge is 0.472 e. The van der Waals surface area contributed by atoms with Gasteiger partial charge in [-0.2, -0.15) is 0 Å². The van der Waals surface area contributed by atoms with Crippen LogP contribution in [0.3, 0.4) is 0 Å². The lowest BCUT2D eigenvalue weighted by atomic mass is 9.99. The Labute approximate surface area is 562 Å². The van der Waals surface area contributed by atoms with E-state index in [1.807, 2.05) is 0 Å². The molecule has 0 saturated heterocycles. The number of aliphatic hydroxyl groups is 1. The van der Waals surface area contributed by atoms with Gasteiger partial charge in [-0.1, -0.05) is 312 Å². The summed E-state index contributed by atoms with van der Waals surface area (Å²) >= 11 is 0. The quantitative estimate of drug-likeness (QED) is 0.0222. The Balaban J connectivity index is 5.23. The van der Waals surface area contributed by atoms with Crippen LogP contribution < -0.4 is 0 Å². The highest BCUT2D eigenvalue weighted by molar-refractivity contribution is 7.47. The van der Waals surface area contributed by atoms with Crippen molar-refractivity contribution in [3.05, 3.63) is 0 Å². The molecule has 0 aromatic rings. The minimum absolute atomic E-state index is 0.103. The maximum Gasteiger partial charge on any atom is 0.472 e. The Morgan fingerprint density at radius 3 is 0.772 bits per heavy atom. The van der Waals surface area contributed by atoms with Crippen molar-refractivity contribution in [1.82, 2.24) is 0 Å². The average molecular weight is 1350 g/mol. The molecule has 546 valence electrons. The summed E-state index contributed by atoms with van der Waals surface area (Å²) in [7, 11) is -9.91. The van der Waals surface area contributed by atoms with Crippen LogP contribution in [0.15, 0.2) is 0 Å². The van der Waals surface area contributed by atoms with Crippen molar-refractivity contribution >= 4 is 39.5 Å². The molecule has 0 aromatic heterocycles. The second kappa shape index (κ2) is 62.6. The van der Waals surface area contributed by atoms with Gasteiger partial charge >= 0.3 is 39.5 Å². The van der Waals surface area contributed by atoms with E-state index in [2.05, 4.69) is 55.4 Å². The molecule has 0 radical (unpaired) electrons. The maximum atomic E-state index is 13.1. The van der Waals surface area contributed by atoms with Crippen LogP contribution >= 0.6 is 15.6 Å². The predicted molar refractivity (Wildman–Crippen MR) is 372 cm³/mol. The molecular weight excluding hydrogens is 1210 g/mol. The van der Waals surface area contributed by atoms with E-state index in [1.54, 1.807) is 0 Å². The molecule has 0 aromatic carbocycles. The van der Waals surface area contributed by atoms with Crippen LogP contribution in [0.2, 0.25) is 0 Å². The van der Waals surface area contributed by atoms with Crippen molar-refractivity contribution in [1.29, 1.82) is 0 Å². The van der Waals surface area contributed by atoms with Crippen LogP contribution in [0.4, 0.5) is 0 Å². The number of hydrogen-bond donors (Lipinski definition) is 3. The number of hydrogen-bond acceptors (Lipinski definition) is 15. The van der Waals surface area contributed by atoms with Gasteiger partial charge in [0.25, 0.3) is 0 Å². The predicted octanol–water partition coefficient (Wildman–Crippen LogP) is 20.9. The average Bonchev–Trinajstić information content (AvgIpc) is 1.97. The molecule has 0 aliphatic carbocycles. The summed E-state index contributed by atoms with van der Waals surface area (Å²) in [6.07, 6.45) is 45.9. The summed E-state index contributed by atoms with van der Waals surface area (Å²) in [5.74, 6) is 0.908. The number of carbonyl (C=O) groups is 4. The monoisotopic (exact) mass is 1350 g/mol. The van der Waals surface area contributed by atoms with Gasteiger partial charge in [0.15, 0.2) is 12.2 Å². The molecule has 17 nitrogen and oxygen atoms in total. The van der Waals surface area contributed by atoms with E-state index >= 15 is 0 Å². The highest BCUT2D eigenvalue weighted by Gasteiger charge is 2.30. The van der Waals surface area contributed by atoms with Gasteiger partial charge in [-0.15, -0.1) is 0 Å². The molecule has 19 heteroatoms. The summed E-state index contributed by atoms with van der Waals surface area (Å²) < 4.78 is 68.4. The van der Waals surface area contributed by atoms with Crippen LogP contribution in [-0.2, 0) is 65.4 Å². The van der Waals surface area contributed by atoms with Crippen molar-refractivity contribution in [2.24, 2.45) is 23.7 Å². The number of rotatable bonds is 70. The first kappa shape index (κ1) is 90.1. The number of aliphatic hydroxyl groups excluding tert-OH is 1. The third-order valence-corrected chi connectivity index (χ3v) is 19.4. The minimum atomic E-state index is -4.96. The van der Waals surface area contributed by atoms with E-state index in [0.717, 1.165) is 120 Å². The maximum absolute atomic E-state index is 13.1. The number of phosphoric ester groups is 2. The zero-order chi connectivity index (χ0) is 68.2. The zero-order valence-corrected chi connectivity index (χ0v) is 62.0. The standard InChI is InChI=1S/C73H142O17P2/c1-9-65(7)51-43-35-27-22-24-28-37-45-53-70(75)83-59-68(89-72(77)55-47-39-29-20-18-16-14-12-11-13-15-17-19-25-33-41-49-63(3)4)61-87-91(79,80)85-57-67(74)58-86-92(81,82)88-62-69(60-84-71(76)54-46-38-32-31-36-44-52-66(8)10-2)90-73(78)56-48-40-30-23-21-26-34-42-50-64(5)6/h63-69,74H,9-62H2,1-8H3,(H,79,80)(H,81,82)/t65?,66?,67-,68-,69-/m1/s1. The van der Waals surface area contributed by atoms with Crippen LogP contribution in [0.1, 0.15) is 364 Å². The normalized spacial score (nSPS) is 14.8. The molecule has 0 bridgehead atoms. The summed E-state index contributed by atoms with van der Waals surface area (Å²) in [6, 6.07) is 0. The fraction of sp³-hybridized carbons (Fsp3) is 0.945. The van der Waals surface area contributed by atoms with E-state index in [1.165, 1.54) is 161 Å². The fourth-order valence-electron chi connectivity index (χ4n) is 11.0. The number of unbranched alkanes of at least 4 members (excludes halogenated alkanes) is 34. The first-order valence-corrected chi connectivity index (χ1v) is 40.8. The highest BCUT2D eigenvalue weighted by atomic mass is 31.2. The number of esters is 4. The third-order valence-electron chi connectivity index (χ3n) is 17.5. The molecule has 0 heterocycles. The lowest BCUT2D eigenvalue weighted by Gasteiger charge is -2.21. The van der Waals surface area contributed by atoms with Gasteiger partial charge in [0, 0.05) is 25.7 Å². The molecule has 0 spiro atoms. The minimum Gasteiger partial charge on any atom is -0.462 e. The van der Waals surface area contributed by atoms with Gasteiger partial charge in [-0.05, 0) is 49.4 Å². The van der Waals surface area contributed by atoms with Crippen LogP contribution in [0, 0.1) is 23.7 Å². The fourth-order valence-corrected chi connectivity index (χ4v) is 12.5.